The molecule has 0 amide bonds. The fraction of sp³-hybridized carbons (Fsp3) is 0.750. The molecular weight excluding hydrogens is 250 g/mol. The number of hydrogen-bond acceptors (Lipinski definition) is 4. The summed E-state index contributed by atoms with van der Waals surface area (Å²) in [6, 6.07) is 0.151. The first-order valence-corrected chi connectivity index (χ1v) is 6.92. The van der Waals surface area contributed by atoms with E-state index in [0.29, 0.717) is 11.7 Å². The molecular formula is C12H22ClN5. The van der Waals surface area contributed by atoms with Gasteiger partial charge in [-0.1, -0.05) is 18.5 Å². The molecule has 0 spiro atoms. The van der Waals surface area contributed by atoms with Crippen molar-refractivity contribution in [3.05, 3.63) is 16.7 Å². The van der Waals surface area contributed by atoms with Crippen LogP contribution in [0.25, 0.3) is 0 Å². The fourth-order valence-electron chi connectivity index (χ4n) is 2.54. The van der Waals surface area contributed by atoms with Crippen LogP contribution in [0, 0.1) is 6.92 Å². The topological polar surface area (TPSA) is 61.2 Å². The Kier molecular flexibility index (Phi) is 4.61. The number of H-pyrrole nitrogens is 1. The number of nitrogens with zero attached hydrogens (tertiary/aromatic N) is 3. The van der Waals surface area contributed by atoms with Gasteiger partial charge in [0.1, 0.15) is 5.82 Å². The van der Waals surface area contributed by atoms with Crippen molar-refractivity contribution < 1.29 is 0 Å². The van der Waals surface area contributed by atoms with Gasteiger partial charge in [-0.05, 0) is 13.5 Å². The molecule has 2 heterocycles. The second-order valence-electron chi connectivity index (χ2n) is 4.75. The zero-order valence-corrected chi connectivity index (χ0v) is 11.9. The van der Waals surface area contributed by atoms with E-state index in [1.807, 2.05) is 6.92 Å². The van der Waals surface area contributed by atoms with Gasteiger partial charge in [0.05, 0.1) is 11.7 Å². The van der Waals surface area contributed by atoms with Gasteiger partial charge in [-0.2, -0.15) is 0 Å². The van der Waals surface area contributed by atoms with E-state index in [9.17, 15) is 0 Å². The maximum Gasteiger partial charge on any atom is 0.152 e. The van der Waals surface area contributed by atoms with Gasteiger partial charge < -0.3 is 15.6 Å². The van der Waals surface area contributed by atoms with Gasteiger partial charge >= 0.3 is 0 Å². The highest BCUT2D eigenvalue weighted by atomic mass is 35.5. The quantitative estimate of drug-likeness (QED) is 0.858. The molecule has 0 radical (unpaired) electrons. The fourth-order valence-corrected chi connectivity index (χ4v) is 2.84. The van der Waals surface area contributed by atoms with E-state index in [4.69, 9.17) is 17.3 Å². The van der Waals surface area contributed by atoms with Crippen molar-refractivity contribution in [3.63, 3.8) is 0 Å². The van der Waals surface area contributed by atoms with Crippen molar-refractivity contribution in [2.24, 2.45) is 5.73 Å². The van der Waals surface area contributed by atoms with E-state index in [-0.39, 0.29) is 6.04 Å². The van der Waals surface area contributed by atoms with Crippen LogP contribution in [-0.4, -0.2) is 59.0 Å². The van der Waals surface area contributed by atoms with Crippen LogP contribution in [0.4, 0.5) is 0 Å². The third-order valence-corrected chi connectivity index (χ3v) is 3.94. The SMILES string of the molecule is CCN1CCN(C(CN)c2[nH]c(C)nc2Cl)CC1. The number of likely N-dealkylation sites (N-methyl/N-ethyl adjacent to an activating group) is 1. The summed E-state index contributed by atoms with van der Waals surface area (Å²) in [5.74, 6) is 0.848. The molecule has 102 valence electrons. The molecule has 0 bridgehead atoms. The molecule has 1 fully saturated rings. The standard InChI is InChI=1S/C12H22ClN5/c1-3-17-4-6-18(7-5-17)10(8-14)11-12(13)16-9(2)15-11/h10H,3-8,14H2,1-2H3,(H,15,16). The Hall–Kier alpha value is -0.620. The summed E-state index contributed by atoms with van der Waals surface area (Å²) in [5, 5.41) is 0.556. The lowest BCUT2D eigenvalue weighted by Crippen LogP contribution is -2.48. The number of nitrogens with two attached hydrogens (primary N) is 1. The number of imidazole rings is 1. The zero-order chi connectivity index (χ0) is 13.1. The number of halogens is 1. The Bertz CT molecular complexity index is 384. The molecule has 18 heavy (non-hydrogen) atoms. The van der Waals surface area contributed by atoms with E-state index in [1.165, 1.54) is 0 Å². The summed E-state index contributed by atoms with van der Waals surface area (Å²) in [6.45, 7) is 10.0. The van der Waals surface area contributed by atoms with Gasteiger partial charge in [0, 0.05) is 32.7 Å². The summed E-state index contributed by atoms with van der Waals surface area (Å²) < 4.78 is 0. The van der Waals surface area contributed by atoms with Gasteiger partial charge in [0.2, 0.25) is 0 Å². The molecule has 1 saturated heterocycles. The predicted octanol–water partition coefficient (Wildman–Crippen LogP) is 1.01. The maximum absolute atomic E-state index is 6.16. The minimum absolute atomic E-state index is 0.151. The van der Waals surface area contributed by atoms with E-state index in [2.05, 4.69) is 26.7 Å². The molecule has 3 N–H and O–H groups in total. The Labute approximate surface area is 113 Å². The number of piperazine rings is 1. The van der Waals surface area contributed by atoms with Crippen molar-refractivity contribution in [1.29, 1.82) is 0 Å². The van der Waals surface area contributed by atoms with Gasteiger partial charge in [-0.25, -0.2) is 4.98 Å². The lowest BCUT2D eigenvalue weighted by Gasteiger charge is -2.38. The molecule has 5 nitrogen and oxygen atoms in total. The lowest BCUT2D eigenvalue weighted by atomic mass is 10.1. The third kappa shape index (κ3) is 2.85. The first-order chi connectivity index (χ1) is 8.65. The predicted molar refractivity (Wildman–Crippen MR) is 73.8 cm³/mol. The number of aryl methyl sites for hydroxylation is 1. The smallest absolute Gasteiger partial charge is 0.152 e. The van der Waals surface area contributed by atoms with Crippen LogP contribution in [0.15, 0.2) is 0 Å². The lowest BCUT2D eigenvalue weighted by molar-refractivity contribution is 0.100. The molecule has 1 unspecified atom stereocenters. The molecule has 0 saturated carbocycles. The summed E-state index contributed by atoms with van der Waals surface area (Å²) >= 11 is 6.16. The Balaban J connectivity index is 2.08. The van der Waals surface area contributed by atoms with Crippen LogP contribution in [-0.2, 0) is 0 Å². The van der Waals surface area contributed by atoms with Crippen LogP contribution in [0.3, 0.4) is 0 Å². The van der Waals surface area contributed by atoms with E-state index < -0.39 is 0 Å². The second kappa shape index (κ2) is 6.02. The van der Waals surface area contributed by atoms with Crippen molar-refractivity contribution >= 4 is 11.6 Å². The van der Waals surface area contributed by atoms with Gasteiger partial charge in [-0.3, -0.25) is 4.90 Å². The van der Waals surface area contributed by atoms with Crippen LogP contribution in [0.5, 0.6) is 0 Å². The molecule has 0 aromatic carbocycles. The van der Waals surface area contributed by atoms with E-state index >= 15 is 0 Å². The summed E-state index contributed by atoms with van der Waals surface area (Å²) in [5.41, 5.74) is 6.88. The molecule has 1 aromatic rings. The van der Waals surface area contributed by atoms with Crippen LogP contribution in [0.2, 0.25) is 5.15 Å². The van der Waals surface area contributed by atoms with Crippen LogP contribution >= 0.6 is 11.6 Å². The summed E-state index contributed by atoms with van der Waals surface area (Å²) in [4.78, 5) is 12.3. The monoisotopic (exact) mass is 271 g/mol. The Morgan fingerprint density at radius 1 is 1.39 bits per heavy atom. The van der Waals surface area contributed by atoms with Crippen molar-refractivity contribution in [2.45, 2.75) is 19.9 Å². The highest BCUT2D eigenvalue weighted by Crippen LogP contribution is 2.25. The largest absolute Gasteiger partial charge is 0.343 e. The Morgan fingerprint density at radius 2 is 2.06 bits per heavy atom. The average Bonchev–Trinajstić information content (AvgIpc) is 2.70. The summed E-state index contributed by atoms with van der Waals surface area (Å²) in [7, 11) is 0. The highest BCUT2D eigenvalue weighted by molar-refractivity contribution is 6.30. The molecule has 2 rings (SSSR count). The first kappa shape index (κ1) is 13.8. The number of hydrogen-bond donors (Lipinski definition) is 2. The second-order valence-corrected chi connectivity index (χ2v) is 5.11. The van der Waals surface area contributed by atoms with E-state index in [0.717, 1.165) is 44.2 Å². The van der Waals surface area contributed by atoms with Gasteiger partial charge in [0.25, 0.3) is 0 Å². The Morgan fingerprint density at radius 3 is 2.50 bits per heavy atom. The van der Waals surface area contributed by atoms with Crippen molar-refractivity contribution in [1.82, 2.24) is 19.8 Å². The molecule has 1 aliphatic rings. The molecule has 1 aliphatic heterocycles. The summed E-state index contributed by atoms with van der Waals surface area (Å²) in [6.07, 6.45) is 0. The van der Waals surface area contributed by atoms with E-state index in [1.54, 1.807) is 0 Å². The molecule has 1 atom stereocenters. The average molecular weight is 272 g/mol. The van der Waals surface area contributed by atoms with Crippen LogP contribution in [0.1, 0.15) is 24.5 Å². The zero-order valence-electron chi connectivity index (χ0n) is 11.1. The highest BCUT2D eigenvalue weighted by Gasteiger charge is 2.26. The number of nitrogens with one attached hydrogen (secondary N) is 1. The number of aromatic nitrogens is 2. The first-order valence-electron chi connectivity index (χ1n) is 6.54. The van der Waals surface area contributed by atoms with Crippen molar-refractivity contribution in [3.8, 4) is 0 Å². The normalized spacial score (nSPS) is 20.2. The third-order valence-electron chi connectivity index (χ3n) is 3.66. The van der Waals surface area contributed by atoms with Crippen LogP contribution < -0.4 is 5.73 Å². The maximum atomic E-state index is 6.16. The molecule has 6 heteroatoms. The molecule has 1 aromatic heterocycles. The minimum atomic E-state index is 0.151. The number of aromatic amines is 1. The molecule has 0 aliphatic carbocycles. The van der Waals surface area contributed by atoms with Crippen molar-refractivity contribution in [2.75, 3.05) is 39.3 Å². The number of rotatable bonds is 4. The van der Waals surface area contributed by atoms with Gasteiger partial charge in [-0.15, -0.1) is 0 Å². The van der Waals surface area contributed by atoms with Gasteiger partial charge in [0.15, 0.2) is 5.15 Å². The minimum Gasteiger partial charge on any atom is -0.343 e.